The molecule has 5 nitrogen and oxygen atoms in total. The zero-order valence-electron chi connectivity index (χ0n) is 15.1. The van der Waals surface area contributed by atoms with Crippen molar-refractivity contribution in [3.05, 3.63) is 0 Å². The zero-order valence-corrected chi connectivity index (χ0v) is 15.1. The first-order chi connectivity index (χ1) is 11.2. The van der Waals surface area contributed by atoms with Crippen LogP contribution in [-0.2, 0) is 23.7 Å². The van der Waals surface area contributed by atoms with Crippen molar-refractivity contribution < 1.29 is 23.7 Å². The summed E-state index contributed by atoms with van der Waals surface area (Å²) in [5.74, 6) is -0.217. The molecule has 0 unspecified atom stereocenters. The maximum atomic E-state index is 11.9. The molecule has 1 aliphatic rings. The average Bonchev–Trinajstić information content (AvgIpc) is 2.54. The molecule has 1 rings (SSSR count). The summed E-state index contributed by atoms with van der Waals surface area (Å²) in [7, 11) is 0. The van der Waals surface area contributed by atoms with Crippen LogP contribution in [0.15, 0.2) is 0 Å². The van der Waals surface area contributed by atoms with Crippen LogP contribution in [0.5, 0.6) is 0 Å². The Kier molecular flexibility index (Phi) is 11.3. The van der Waals surface area contributed by atoms with E-state index in [4.69, 9.17) is 18.9 Å². The third kappa shape index (κ3) is 8.13. The van der Waals surface area contributed by atoms with Crippen molar-refractivity contribution in [2.75, 3.05) is 26.4 Å². The van der Waals surface area contributed by atoms with E-state index in [0.717, 1.165) is 38.5 Å². The minimum absolute atomic E-state index is 0.217. The maximum Gasteiger partial charge on any atom is 0.308 e. The Morgan fingerprint density at radius 3 is 2.22 bits per heavy atom. The Hall–Kier alpha value is -0.650. The molecule has 0 aromatic rings. The topological polar surface area (TPSA) is 54.0 Å². The summed E-state index contributed by atoms with van der Waals surface area (Å²) < 4.78 is 23.1. The molecule has 1 heterocycles. The fraction of sp³-hybridized carbons (Fsp3) is 0.944. The summed E-state index contributed by atoms with van der Waals surface area (Å²) in [6.07, 6.45) is 5.69. The fourth-order valence-corrected chi connectivity index (χ4v) is 2.49. The normalized spacial score (nSPS) is 24.7. The standard InChI is InChI=1S/C18H34O5/c1-4-7-10-20-14-16-18(22-12-9-6-3)15(13-17(19)23-16)21-11-8-5-2/h15-16,18H,4-14H2,1-3H3/t15-,16-,18-/m1/s1. The second kappa shape index (κ2) is 12.7. The molecule has 23 heavy (non-hydrogen) atoms. The number of rotatable bonds is 13. The van der Waals surface area contributed by atoms with Gasteiger partial charge in [-0.2, -0.15) is 0 Å². The van der Waals surface area contributed by atoms with Gasteiger partial charge in [0.05, 0.1) is 19.1 Å². The molecule has 1 fully saturated rings. The molecule has 0 aromatic carbocycles. The van der Waals surface area contributed by atoms with Crippen LogP contribution in [0, 0.1) is 0 Å². The molecule has 5 heteroatoms. The van der Waals surface area contributed by atoms with Gasteiger partial charge in [0, 0.05) is 19.8 Å². The van der Waals surface area contributed by atoms with Crippen LogP contribution in [0.25, 0.3) is 0 Å². The Balaban J connectivity index is 2.58. The summed E-state index contributed by atoms with van der Waals surface area (Å²) in [5.41, 5.74) is 0. The molecule has 1 saturated heterocycles. The summed E-state index contributed by atoms with van der Waals surface area (Å²) >= 11 is 0. The number of ether oxygens (including phenoxy) is 4. The van der Waals surface area contributed by atoms with Crippen molar-refractivity contribution in [3.63, 3.8) is 0 Å². The van der Waals surface area contributed by atoms with Crippen molar-refractivity contribution in [1.82, 2.24) is 0 Å². The van der Waals surface area contributed by atoms with Crippen LogP contribution in [0.2, 0.25) is 0 Å². The quantitative estimate of drug-likeness (QED) is 0.382. The Bertz CT molecular complexity index is 308. The number of esters is 1. The van der Waals surface area contributed by atoms with E-state index in [0.29, 0.717) is 26.4 Å². The number of hydrogen-bond donors (Lipinski definition) is 0. The van der Waals surface area contributed by atoms with E-state index < -0.39 is 0 Å². The van der Waals surface area contributed by atoms with Gasteiger partial charge in [-0.3, -0.25) is 4.79 Å². The summed E-state index contributed by atoms with van der Waals surface area (Å²) in [6, 6.07) is 0. The van der Waals surface area contributed by atoms with E-state index in [1.54, 1.807) is 0 Å². The van der Waals surface area contributed by atoms with Crippen LogP contribution in [-0.4, -0.2) is 50.7 Å². The van der Waals surface area contributed by atoms with Gasteiger partial charge in [-0.15, -0.1) is 0 Å². The smallest absolute Gasteiger partial charge is 0.308 e. The van der Waals surface area contributed by atoms with E-state index in [1.807, 2.05) is 0 Å². The predicted octanol–water partition coefficient (Wildman–Crippen LogP) is 3.49. The number of cyclic esters (lactones) is 1. The van der Waals surface area contributed by atoms with Gasteiger partial charge in [-0.25, -0.2) is 0 Å². The molecule has 0 amide bonds. The molecule has 0 aliphatic carbocycles. The lowest BCUT2D eigenvalue weighted by atomic mass is 10.0. The number of carbonyl (C=O) groups is 1. The lowest BCUT2D eigenvalue weighted by molar-refractivity contribution is -0.201. The first-order valence-corrected chi connectivity index (χ1v) is 9.23. The van der Waals surface area contributed by atoms with Gasteiger partial charge < -0.3 is 18.9 Å². The monoisotopic (exact) mass is 330 g/mol. The molecule has 3 atom stereocenters. The van der Waals surface area contributed by atoms with E-state index in [9.17, 15) is 4.79 Å². The summed E-state index contributed by atoms with van der Waals surface area (Å²) in [6.45, 7) is 8.77. The maximum absolute atomic E-state index is 11.9. The minimum Gasteiger partial charge on any atom is -0.457 e. The Morgan fingerprint density at radius 1 is 0.957 bits per heavy atom. The highest BCUT2D eigenvalue weighted by atomic mass is 16.6. The molecule has 0 N–H and O–H groups in total. The summed E-state index contributed by atoms with van der Waals surface area (Å²) in [4.78, 5) is 11.9. The van der Waals surface area contributed by atoms with Crippen molar-refractivity contribution >= 4 is 5.97 Å². The first-order valence-electron chi connectivity index (χ1n) is 9.23. The SMILES string of the molecule is CCCCOC[C@H]1OC(=O)C[C@@H](OCCCC)[C@H]1OCCCC. The molecule has 0 aromatic heterocycles. The van der Waals surface area contributed by atoms with E-state index >= 15 is 0 Å². The third-order valence-corrected chi connectivity index (χ3v) is 3.95. The van der Waals surface area contributed by atoms with E-state index in [-0.39, 0.29) is 30.7 Å². The first kappa shape index (κ1) is 20.4. The fourth-order valence-electron chi connectivity index (χ4n) is 2.49. The van der Waals surface area contributed by atoms with Crippen LogP contribution in [0.3, 0.4) is 0 Å². The second-order valence-corrected chi connectivity index (χ2v) is 6.11. The highest BCUT2D eigenvalue weighted by Gasteiger charge is 2.40. The zero-order chi connectivity index (χ0) is 16.9. The van der Waals surface area contributed by atoms with Gasteiger partial charge in [0.1, 0.15) is 6.10 Å². The highest BCUT2D eigenvalue weighted by Crippen LogP contribution is 2.23. The van der Waals surface area contributed by atoms with Gasteiger partial charge in [0.2, 0.25) is 0 Å². The lowest BCUT2D eigenvalue weighted by Gasteiger charge is -2.37. The Morgan fingerprint density at radius 2 is 1.57 bits per heavy atom. The van der Waals surface area contributed by atoms with Crippen LogP contribution in [0.1, 0.15) is 65.7 Å². The van der Waals surface area contributed by atoms with Crippen molar-refractivity contribution in [2.24, 2.45) is 0 Å². The average molecular weight is 330 g/mol. The molecule has 0 saturated carbocycles. The summed E-state index contributed by atoms with van der Waals surface area (Å²) in [5, 5.41) is 0. The Labute approximate surface area is 141 Å². The van der Waals surface area contributed by atoms with Gasteiger partial charge in [-0.05, 0) is 19.3 Å². The van der Waals surface area contributed by atoms with Crippen molar-refractivity contribution in [3.8, 4) is 0 Å². The highest BCUT2D eigenvalue weighted by molar-refractivity contribution is 5.71. The molecule has 136 valence electrons. The van der Waals surface area contributed by atoms with E-state index in [1.165, 1.54) is 0 Å². The minimum atomic E-state index is -0.364. The molecule has 0 spiro atoms. The molecule has 1 aliphatic heterocycles. The molecule has 0 bridgehead atoms. The largest absolute Gasteiger partial charge is 0.457 e. The van der Waals surface area contributed by atoms with Crippen LogP contribution < -0.4 is 0 Å². The molecular formula is C18H34O5. The van der Waals surface area contributed by atoms with Gasteiger partial charge in [0.25, 0.3) is 0 Å². The van der Waals surface area contributed by atoms with Crippen LogP contribution >= 0.6 is 0 Å². The lowest BCUT2D eigenvalue weighted by Crippen LogP contribution is -2.51. The number of hydrogen-bond acceptors (Lipinski definition) is 5. The number of carbonyl (C=O) groups excluding carboxylic acids is 1. The predicted molar refractivity (Wildman–Crippen MR) is 89.5 cm³/mol. The molecule has 0 radical (unpaired) electrons. The molecular weight excluding hydrogens is 296 g/mol. The van der Waals surface area contributed by atoms with Crippen molar-refractivity contribution in [1.29, 1.82) is 0 Å². The third-order valence-electron chi connectivity index (χ3n) is 3.95. The van der Waals surface area contributed by atoms with Crippen LogP contribution in [0.4, 0.5) is 0 Å². The second-order valence-electron chi connectivity index (χ2n) is 6.11. The number of unbranched alkanes of at least 4 members (excludes halogenated alkanes) is 3. The van der Waals surface area contributed by atoms with Gasteiger partial charge in [-0.1, -0.05) is 40.0 Å². The van der Waals surface area contributed by atoms with Crippen molar-refractivity contribution in [2.45, 2.75) is 84.0 Å². The van der Waals surface area contributed by atoms with Gasteiger partial charge >= 0.3 is 5.97 Å². The van der Waals surface area contributed by atoms with Gasteiger partial charge in [0.15, 0.2) is 6.10 Å². The van der Waals surface area contributed by atoms with E-state index in [2.05, 4.69) is 20.8 Å².